The summed E-state index contributed by atoms with van der Waals surface area (Å²) in [4.78, 5) is 23.3. The van der Waals surface area contributed by atoms with E-state index in [0.29, 0.717) is 16.3 Å². The van der Waals surface area contributed by atoms with Crippen molar-refractivity contribution in [2.75, 3.05) is 7.11 Å². The lowest BCUT2D eigenvalue weighted by molar-refractivity contribution is -0.140. The maximum atomic E-state index is 12.2. The zero-order chi connectivity index (χ0) is 16.4. The Morgan fingerprint density at radius 3 is 2.59 bits per heavy atom. The van der Waals surface area contributed by atoms with Crippen molar-refractivity contribution in [3.8, 4) is 16.9 Å². The smallest absolute Gasteiger partial charge is 0.326 e. The molecule has 1 heterocycles. The topological polar surface area (TPSA) is 68.5 Å². The van der Waals surface area contributed by atoms with Gasteiger partial charge in [0.05, 0.1) is 13.3 Å². The fourth-order valence-corrected chi connectivity index (χ4v) is 2.38. The van der Waals surface area contributed by atoms with E-state index in [1.807, 2.05) is 13.0 Å². The Morgan fingerprint density at radius 2 is 2.00 bits per heavy atom. The van der Waals surface area contributed by atoms with Crippen LogP contribution in [0.2, 0.25) is 5.02 Å². The van der Waals surface area contributed by atoms with Crippen LogP contribution >= 0.6 is 11.6 Å². The van der Waals surface area contributed by atoms with E-state index < -0.39 is 17.6 Å². The Bertz CT molecular complexity index is 782. The number of aromatic nitrogens is 1. The molecule has 22 heavy (non-hydrogen) atoms. The fourth-order valence-electron chi connectivity index (χ4n) is 2.21. The number of carbonyl (C=O) groups is 1. The van der Waals surface area contributed by atoms with Gasteiger partial charge in [-0.25, -0.2) is 4.79 Å². The first-order valence-corrected chi connectivity index (χ1v) is 7.02. The molecule has 0 saturated carbocycles. The molecule has 2 rings (SSSR count). The van der Waals surface area contributed by atoms with Gasteiger partial charge in [0.25, 0.3) is 5.56 Å². The van der Waals surface area contributed by atoms with Crippen LogP contribution in [-0.2, 0) is 4.79 Å². The van der Waals surface area contributed by atoms with Crippen LogP contribution in [0.15, 0.2) is 35.3 Å². The second-order valence-corrected chi connectivity index (χ2v) is 5.41. The lowest BCUT2D eigenvalue weighted by Crippen LogP contribution is -2.27. The number of aryl methyl sites for hydroxylation is 1. The Balaban J connectivity index is 2.68. The van der Waals surface area contributed by atoms with Gasteiger partial charge in [-0.2, -0.15) is 0 Å². The fraction of sp³-hybridized carbons (Fsp3) is 0.250. The molecular formula is C16H16ClNO4. The van der Waals surface area contributed by atoms with Gasteiger partial charge < -0.3 is 9.84 Å². The number of carboxylic acid groups (broad SMARTS) is 1. The lowest BCUT2D eigenvalue weighted by atomic mass is 10.0. The molecular weight excluding hydrogens is 306 g/mol. The minimum atomic E-state index is -1.09. The molecule has 5 nitrogen and oxygen atoms in total. The molecule has 0 aliphatic heterocycles. The maximum absolute atomic E-state index is 12.2. The van der Waals surface area contributed by atoms with E-state index in [9.17, 15) is 9.59 Å². The van der Waals surface area contributed by atoms with E-state index in [1.54, 1.807) is 12.1 Å². The van der Waals surface area contributed by atoms with Crippen LogP contribution in [0.3, 0.4) is 0 Å². The van der Waals surface area contributed by atoms with Crippen molar-refractivity contribution >= 4 is 17.6 Å². The number of nitrogens with zero attached hydrogens (tertiary/aromatic N) is 1. The highest BCUT2D eigenvalue weighted by molar-refractivity contribution is 6.30. The molecule has 0 amide bonds. The summed E-state index contributed by atoms with van der Waals surface area (Å²) in [6.07, 6.45) is 1.41. The van der Waals surface area contributed by atoms with Crippen LogP contribution in [0.5, 0.6) is 5.75 Å². The third-order valence-electron chi connectivity index (χ3n) is 3.53. The molecule has 116 valence electrons. The average molecular weight is 322 g/mol. The van der Waals surface area contributed by atoms with Gasteiger partial charge >= 0.3 is 5.97 Å². The summed E-state index contributed by atoms with van der Waals surface area (Å²) in [7, 11) is 1.47. The van der Waals surface area contributed by atoms with E-state index in [1.165, 1.54) is 26.3 Å². The van der Waals surface area contributed by atoms with Gasteiger partial charge in [0.1, 0.15) is 11.8 Å². The molecule has 0 saturated heterocycles. The maximum Gasteiger partial charge on any atom is 0.326 e. The number of ether oxygens (including phenoxy) is 1. The summed E-state index contributed by atoms with van der Waals surface area (Å²) in [6, 6.07) is 5.76. The highest BCUT2D eigenvalue weighted by Gasteiger charge is 2.18. The van der Waals surface area contributed by atoms with Gasteiger partial charge in [0.15, 0.2) is 0 Å². The number of carboxylic acids is 1. The highest BCUT2D eigenvalue weighted by atomic mass is 35.5. The number of aliphatic carboxylic acids is 1. The molecule has 0 aliphatic carbocycles. The second-order valence-electron chi connectivity index (χ2n) is 4.97. The van der Waals surface area contributed by atoms with Gasteiger partial charge in [-0.15, -0.1) is 0 Å². The summed E-state index contributed by atoms with van der Waals surface area (Å²) >= 11 is 6.02. The van der Waals surface area contributed by atoms with Crippen LogP contribution in [0.25, 0.3) is 11.1 Å². The van der Waals surface area contributed by atoms with Crippen molar-refractivity contribution in [1.82, 2.24) is 4.57 Å². The number of methoxy groups -OCH3 is 1. The van der Waals surface area contributed by atoms with Gasteiger partial charge in [0.2, 0.25) is 0 Å². The molecule has 1 atom stereocenters. The minimum absolute atomic E-state index is 0.412. The average Bonchev–Trinajstić information content (AvgIpc) is 2.48. The van der Waals surface area contributed by atoms with Crippen LogP contribution in [-0.4, -0.2) is 22.8 Å². The molecule has 1 aromatic heterocycles. The third-order valence-corrected chi connectivity index (χ3v) is 3.76. The van der Waals surface area contributed by atoms with E-state index in [-0.39, 0.29) is 0 Å². The largest absolute Gasteiger partial charge is 0.495 e. The van der Waals surface area contributed by atoms with Crippen molar-refractivity contribution in [2.24, 2.45) is 0 Å². The number of halogens is 1. The van der Waals surface area contributed by atoms with Gasteiger partial charge in [-0.3, -0.25) is 9.36 Å². The molecule has 0 aliphatic rings. The van der Waals surface area contributed by atoms with Crippen LogP contribution in [0, 0.1) is 6.92 Å². The minimum Gasteiger partial charge on any atom is -0.495 e. The summed E-state index contributed by atoms with van der Waals surface area (Å²) in [5, 5.41) is 9.62. The van der Waals surface area contributed by atoms with Crippen molar-refractivity contribution in [3.63, 3.8) is 0 Å². The summed E-state index contributed by atoms with van der Waals surface area (Å²) in [5.41, 5.74) is 1.88. The molecule has 1 aromatic carbocycles. The Morgan fingerprint density at radius 1 is 1.32 bits per heavy atom. The predicted molar refractivity (Wildman–Crippen MR) is 84.8 cm³/mol. The Hall–Kier alpha value is -2.27. The monoisotopic (exact) mass is 321 g/mol. The van der Waals surface area contributed by atoms with E-state index >= 15 is 0 Å². The number of pyridine rings is 1. The van der Waals surface area contributed by atoms with Crippen molar-refractivity contribution in [1.29, 1.82) is 0 Å². The molecule has 1 N–H and O–H groups in total. The molecule has 2 aromatic rings. The standard InChI is InChI=1S/C16H16ClNO4/c1-9-4-5-11(17)6-12(9)13-7-15(19)18(8-14(13)22-3)10(2)16(20)21/h4-8,10H,1-3H3,(H,20,21). The van der Waals surface area contributed by atoms with Crippen LogP contribution in [0.1, 0.15) is 18.5 Å². The number of hydrogen-bond acceptors (Lipinski definition) is 3. The molecule has 0 spiro atoms. The predicted octanol–water partition coefficient (Wildman–Crippen LogP) is 3.13. The zero-order valence-electron chi connectivity index (χ0n) is 12.5. The van der Waals surface area contributed by atoms with Crippen LogP contribution < -0.4 is 10.3 Å². The quantitative estimate of drug-likeness (QED) is 0.939. The normalized spacial score (nSPS) is 12.0. The summed E-state index contributed by atoms with van der Waals surface area (Å²) in [5.74, 6) is -0.672. The zero-order valence-corrected chi connectivity index (χ0v) is 13.2. The number of rotatable bonds is 4. The highest BCUT2D eigenvalue weighted by Crippen LogP contribution is 2.33. The molecule has 0 fully saturated rings. The number of benzene rings is 1. The first kappa shape index (κ1) is 16.1. The molecule has 0 radical (unpaired) electrons. The van der Waals surface area contributed by atoms with Gasteiger partial charge in [0, 0.05) is 16.7 Å². The lowest BCUT2D eigenvalue weighted by Gasteiger charge is -2.16. The van der Waals surface area contributed by atoms with E-state index in [2.05, 4.69) is 0 Å². The van der Waals surface area contributed by atoms with Gasteiger partial charge in [-0.1, -0.05) is 17.7 Å². The van der Waals surface area contributed by atoms with Gasteiger partial charge in [-0.05, 0) is 37.1 Å². The Labute approximate surface area is 132 Å². The second kappa shape index (κ2) is 6.23. The SMILES string of the molecule is COc1cn(C(C)C(=O)O)c(=O)cc1-c1cc(Cl)ccc1C. The van der Waals surface area contributed by atoms with Crippen LogP contribution in [0.4, 0.5) is 0 Å². The summed E-state index contributed by atoms with van der Waals surface area (Å²) < 4.78 is 6.45. The van der Waals surface area contributed by atoms with E-state index in [4.69, 9.17) is 21.4 Å². The van der Waals surface area contributed by atoms with Crippen molar-refractivity contribution < 1.29 is 14.6 Å². The Kier molecular flexibility index (Phi) is 4.56. The van der Waals surface area contributed by atoms with E-state index in [0.717, 1.165) is 15.7 Å². The molecule has 0 bridgehead atoms. The van der Waals surface area contributed by atoms with Crippen molar-refractivity contribution in [2.45, 2.75) is 19.9 Å². The number of hydrogen-bond donors (Lipinski definition) is 1. The molecule has 1 unspecified atom stereocenters. The third kappa shape index (κ3) is 2.99. The molecule has 6 heteroatoms. The first-order valence-electron chi connectivity index (χ1n) is 6.64. The first-order chi connectivity index (χ1) is 10.3. The summed E-state index contributed by atoms with van der Waals surface area (Å²) in [6.45, 7) is 3.34. The van der Waals surface area contributed by atoms with Crippen molar-refractivity contribution in [3.05, 3.63) is 51.4 Å².